The highest BCUT2D eigenvalue weighted by Crippen LogP contribution is 2.32. The molecule has 0 saturated heterocycles. The second-order valence-electron chi connectivity index (χ2n) is 4.75. The first-order valence-electron chi connectivity index (χ1n) is 6.08. The summed E-state index contributed by atoms with van der Waals surface area (Å²) in [6.45, 7) is 2.10. The molecule has 0 amide bonds. The van der Waals surface area contributed by atoms with Gasteiger partial charge in [0.1, 0.15) is 11.3 Å². The van der Waals surface area contributed by atoms with Crippen molar-refractivity contribution in [1.82, 2.24) is 0 Å². The molecule has 1 aromatic carbocycles. The van der Waals surface area contributed by atoms with Crippen LogP contribution in [-0.2, 0) is 0 Å². The van der Waals surface area contributed by atoms with Crippen molar-refractivity contribution in [3.63, 3.8) is 0 Å². The van der Waals surface area contributed by atoms with Gasteiger partial charge < -0.3 is 4.42 Å². The molecule has 2 aromatic rings. The zero-order valence-corrected chi connectivity index (χ0v) is 10.6. The Labute approximate surface area is 106 Å². The smallest absolute Gasteiger partial charge is 0.134 e. The molecule has 2 heteroatoms. The van der Waals surface area contributed by atoms with E-state index in [1.807, 2.05) is 6.07 Å². The topological polar surface area (TPSA) is 13.1 Å². The summed E-state index contributed by atoms with van der Waals surface area (Å²) in [4.78, 5) is 0. The molecule has 1 aliphatic carbocycles. The zero-order chi connectivity index (χ0) is 11.8. The number of allylic oxidation sites excluding steroid dienone is 2. The number of hydrogen-bond donors (Lipinski definition) is 0. The number of rotatable bonds is 1. The van der Waals surface area contributed by atoms with E-state index in [1.54, 1.807) is 0 Å². The van der Waals surface area contributed by atoms with Gasteiger partial charge in [0, 0.05) is 5.39 Å². The van der Waals surface area contributed by atoms with Crippen molar-refractivity contribution in [2.75, 3.05) is 0 Å². The maximum absolute atomic E-state index is 6.17. The predicted octanol–water partition coefficient (Wildman–Crippen LogP) is 4.92. The third-order valence-electron chi connectivity index (χ3n) is 3.30. The van der Waals surface area contributed by atoms with Gasteiger partial charge in [-0.3, -0.25) is 0 Å². The third-order valence-corrected chi connectivity index (χ3v) is 3.64. The van der Waals surface area contributed by atoms with Crippen LogP contribution in [0.15, 0.2) is 34.8 Å². The molecule has 17 heavy (non-hydrogen) atoms. The van der Waals surface area contributed by atoms with Crippen molar-refractivity contribution < 1.29 is 4.42 Å². The van der Waals surface area contributed by atoms with Crippen LogP contribution in [-0.4, -0.2) is 5.38 Å². The molecule has 1 heterocycles. The van der Waals surface area contributed by atoms with Gasteiger partial charge in [0.05, 0.1) is 5.38 Å². The number of aryl methyl sites for hydroxylation is 1. The lowest BCUT2D eigenvalue weighted by Crippen LogP contribution is -2.01. The van der Waals surface area contributed by atoms with E-state index in [1.165, 1.54) is 16.5 Å². The van der Waals surface area contributed by atoms with E-state index in [0.717, 1.165) is 30.6 Å². The molecule has 88 valence electrons. The van der Waals surface area contributed by atoms with Gasteiger partial charge in [0.15, 0.2) is 0 Å². The van der Waals surface area contributed by atoms with Crippen molar-refractivity contribution in [1.29, 1.82) is 0 Å². The Morgan fingerprint density at radius 1 is 1.29 bits per heavy atom. The normalized spacial score (nSPS) is 20.6. The van der Waals surface area contributed by atoms with E-state index < -0.39 is 0 Å². The second kappa shape index (κ2) is 4.23. The first-order chi connectivity index (χ1) is 8.22. The van der Waals surface area contributed by atoms with Crippen molar-refractivity contribution >= 4 is 28.1 Å². The molecule has 1 nitrogen and oxygen atoms in total. The highest BCUT2D eigenvalue weighted by Gasteiger charge is 2.15. The van der Waals surface area contributed by atoms with Gasteiger partial charge in [-0.15, -0.1) is 11.6 Å². The van der Waals surface area contributed by atoms with Gasteiger partial charge >= 0.3 is 0 Å². The highest BCUT2D eigenvalue weighted by molar-refractivity contribution is 6.22. The van der Waals surface area contributed by atoms with Crippen LogP contribution in [0.5, 0.6) is 0 Å². The van der Waals surface area contributed by atoms with Crippen molar-refractivity contribution in [3.8, 4) is 0 Å². The maximum Gasteiger partial charge on any atom is 0.134 e. The SMILES string of the molecule is Cc1ccc2oc(C3=CC(Cl)CCC3)cc2c1. The summed E-state index contributed by atoms with van der Waals surface area (Å²) in [6.07, 6.45) is 5.43. The van der Waals surface area contributed by atoms with Crippen LogP contribution in [0, 0.1) is 6.92 Å². The molecule has 0 fully saturated rings. The average Bonchev–Trinajstić information content (AvgIpc) is 2.72. The summed E-state index contributed by atoms with van der Waals surface area (Å²) < 4.78 is 5.88. The molecule has 3 rings (SSSR count). The number of halogens is 1. The first-order valence-corrected chi connectivity index (χ1v) is 6.51. The van der Waals surface area contributed by atoms with Crippen LogP contribution in [0.3, 0.4) is 0 Å². The largest absolute Gasteiger partial charge is 0.456 e. The Bertz CT molecular complexity index is 580. The molecule has 0 radical (unpaired) electrons. The molecule has 1 aromatic heterocycles. The Morgan fingerprint density at radius 2 is 2.18 bits per heavy atom. The van der Waals surface area contributed by atoms with E-state index in [-0.39, 0.29) is 5.38 Å². The summed E-state index contributed by atoms with van der Waals surface area (Å²) in [5, 5.41) is 1.34. The molecular weight excluding hydrogens is 232 g/mol. The molecule has 0 N–H and O–H groups in total. The fourth-order valence-electron chi connectivity index (χ4n) is 2.40. The molecule has 1 unspecified atom stereocenters. The predicted molar refractivity (Wildman–Crippen MR) is 72.4 cm³/mol. The second-order valence-corrected chi connectivity index (χ2v) is 5.31. The lowest BCUT2D eigenvalue weighted by atomic mass is 9.97. The van der Waals surface area contributed by atoms with Crippen LogP contribution >= 0.6 is 11.6 Å². The summed E-state index contributed by atoms with van der Waals surface area (Å²) in [5.41, 5.74) is 3.48. The van der Waals surface area contributed by atoms with Gasteiger partial charge in [-0.05, 0) is 50.0 Å². The fourth-order valence-corrected chi connectivity index (χ4v) is 2.71. The fraction of sp³-hybridized carbons (Fsp3) is 0.333. The molecule has 0 bridgehead atoms. The molecule has 1 aliphatic rings. The lowest BCUT2D eigenvalue weighted by molar-refractivity contribution is 0.589. The number of alkyl halides is 1. The minimum absolute atomic E-state index is 0.161. The minimum atomic E-state index is 0.161. The lowest BCUT2D eigenvalue weighted by Gasteiger charge is -2.14. The van der Waals surface area contributed by atoms with Crippen LogP contribution in [0.25, 0.3) is 16.5 Å². The number of fused-ring (bicyclic) bond motifs is 1. The van der Waals surface area contributed by atoms with Gasteiger partial charge in [-0.1, -0.05) is 17.7 Å². The van der Waals surface area contributed by atoms with E-state index >= 15 is 0 Å². The third kappa shape index (κ3) is 2.12. The first kappa shape index (κ1) is 10.9. The average molecular weight is 247 g/mol. The molecule has 0 spiro atoms. The Hall–Kier alpha value is -1.21. The van der Waals surface area contributed by atoms with Gasteiger partial charge in [-0.25, -0.2) is 0 Å². The Kier molecular flexibility index (Phi) is 2.71. The quantitative estimate of drug-likeness (QED) is 0.651. The molecular formula is C15H15ClO. The van der Waals surface area contributed by atoms with Gasteiger partial charge in [0.25, 0.3) is 0 Å². The van der Waals surface area contributed by atoms with Crippen LogP contribution in [0.1, 0.15) is 30.6 Å². The minimum Gasteiger partial charge on any atom is -0.456 e. The summed E-state index contributed by atoms with van der Waals surface area (Å²) in [7, 11) is 0. The standard InChI is InChI=1S/C15H15ClO/c1-10-5-6-14-12(7-10)9-15(17-14)11-3-2-4-13(16)8-11/h5-9,13H,2-4H2,1H3. The Morgan fingerprint density at radius 3 is 3.00 bits per heavy atom. The van der Waals surface area contributed by atoms with Gasteiger partial charge in [0.2, 0.25) is 0 Å². The number of benzene rings is 1. The molecule has 0 aliphatic heterocycles. The monoisotopic (exact) mass is 246 g/mol. The zero-order valence-electron chi connectivity index (χ0n) is 9.87. The highest BCUT2D eigenvalue weighted by atomic mass is 35.5. The van der Waals surface area contributed by atoms with E-state index in [4.69, 9.17) is 16.0 Å². The van der Waals surface area contributed by atoms with Crippen molar-refractivity contribution in [2.24, 2.45) is 0 Å². The molecule has 1 atom stereocenters. The summed E-state index contributed by atoms with van der Waals surface area (Å²) >= 11 is 6.17. The van der Waals surface area contributed by atoms with Crippen LogP contribution < -0.4 is 0 Å². The van der Waals surface area contributed by atoms with Crippen LogP contribution in [0.2, 0.25) is 0 Å². The van der Waals surface area contributed by atoms with E-state index in [2.05, 4.69) is 31.2 Å². The van der Waals surface area contributed by atoms with Crippen molar-refractivity contribution in [3.05, 3.63) is 41.7 Å². The summed E-state index contributed by atoms with van der Waals surface area (Å²) in [6, 6.07) is 8.40. The number of hydrogen-bond acceptors (Lipinski definition) is 1. The van der Waals surface area contributed by atoms with E-state index in [9.17, 15) is 0 Å². The van der Waals surface area contributed by atoms with Gasteiger partial charge in [-0.2, -0.15) is 0 Å². The summed E-state index contributed by atoms with van der Waals surface area (Å²) in [5.74, 6) is 0.982. The van der Waals surface area contributed by atoms with Crippen molar-refractivity contribution in [2.45, 2.75) is 31.6 Å². The van der Waals surface area contributed by atoms with Crippen LogP contribution in [0.4, 0.5) is 0 Å². The number of furan rings is 1. The maximum atomic E-state index is 6.17. The Balaban J connectivity index is 2.06. The molecule has 0 saturated carbocycles. The van der Waals surface area contributed by atoms with E-state index in [0.29, 0.717) is 0 Å².